The van der Waals surface area contributed by atoms with E-state index in [9.17, 15) is 4.39 Å². The number of anilines is 1. The van der Waals surface area contributed by atoms with Gasteiger partial charge in [0.05, 0.1) is 12.3 Å². The predicted molar refractivity (Wildman–Crippen MR) is 73.4 cm³/mol. The molecule has 1 rings (SSSR count). The van der Waals surface area contributed by atoms with Crippen LogP contribution in [0.1, 0.15) is 18.9 Å². The maximum Gasteiger partial charge on any atom is 0.146 e. The van der Waals surface area contributed by atoms with Crippen LogP contribution in [0.2, 0.25) is 0 Å². The van der Waals surface area contributed by atoms with Crippen LogP contribution in [-0.2, 0) is 6.61 Å². The van der Waals surface area contributed by atoms with Crippen molar-refractivity contribution in [3.05, 3.63) is 29.6 Å². The Morgan fingerprint density at radius 3 is 2.39 bits per heavy atom. The summed E-state index contributed by atoms with van der Waals surface area (Å²) in [7, 11) is 4.02. The number of nitrogens with zero attached hydrogens (tertiary/aromatic N) is 2. The Morgan fingerprint density at radius 2 is 1.89 bits per heavy atom. The topological polar surface area (TPSA) is 26.7 Å². The second kappa shape index (κ2) is 7.34. The van der Waals surface area contributed by atoms with E-state index < -0.39 is 0 Å². The quantitative estimate of drug-likeness (QED) is 0.807. The molecule has 4 heteroatoms. The van der Waals surface area contributed by atoms with E-state index in [4.69, 9.17) is 5.11 Å². The Labute approximate surface area is 109 Å². The number of aliphatic hydroxyl groups is 1. The minimum absolute atomic E-state index is 0.122. The first kappa shape index (κ1) is 14.9. The highest BCUT2D eigenvalue weighted by Crippen LogP contribution is 2.20. The van der Waals surface area contributed by atoms with Crippen LogP contribution in [0.25, 0.3) is 0 Å². The molecule has 0 aliphatic heterocycles. The summed E-state index contributed by atoms with van der Waals surface area (Å²) in [4.78, 5) is 4.14. The van der Waals surface area contributed by atoms with E-state index in [2.05, 4.69) is 16.7 Å². The minimum Gasteiger partial charge on any atom is -0.392 e. The molecule has 0 saturated heterocycles. The predicted octanol–water partition coefficient (Wildman–Crippen LogP) is 2.10. The van der Waals surface area contributed by atoms with Gasteiger partial charge in [-0.1, -0.05) is 13.0 Å². The fourth-order valence-electron chi connectivity index (χ4n) is 1.85. The molecule has 0 radical (unpaired) electrons. The maximum atomic E-state index is 14.0. The van der Waals surface area contributed by atoms with Crippen molar-refractivity contribution in [3.8, 4) is 0 Å². The molecule has 0 amide bonds. The molecule has 0 aliphatic rings. The Morgan fingerprint density at radius 1 is 1.17 bits per heavy atom. The normalized spacial score (nSPS) is 11.0. The number of likely N-dealkylation sites (N-methyl/N-ethyl adjacent to an activating group) is 1. The van der Waals surface area contributed by atoms with Gasteiger partial charge in [0.25, 0.3) is 0 Å². The summed E-state index contributed by atoms with van der Waals surface area (Å²) in [6, 6.07) is 4.94. The van der Waals surface area contributed by atoms with E-state index in [0.29, 0.717) is 11.3 Å². The lowest BCUT2D eigenvalue weighted by Gasteiger charge is -2.26. The summed E-state index contributed by atoms with van der Waals surface area (Å²) in [5.74, 6) is -0.256. The van der Waals surface area contributed by atoms with Gasteiger partial charge in [0.2, 0.25) is 0 Å². The molecule has 1 aromatic carbocycles. The first-order valence-corrected chi connectivity index (χ1v) is 6.37. The average molecular weight is 254 g/mol. The van der Waals surface area contributed by atoms with Crippen molar-refractivity contribution in [2.45, 2.75) is 20.0 Å². The van der Waals surface area contributed by atoms with Crippen molar-refractivity contribution in [1.29, 1.82) is 0 Å². The van der Waals surface area contributed by atoms with Crippen molar-refractivity contribution in [1.82, 2.24) is 4.90 Å². The highest BCUT2D eigenvalue weighted by molar-refractivity contribution is 5.49. The van der Waals surface area contributed by atoms with Gasteiger partial charge in [-0.3, -0.25) is 0 Å². The summed E-state index contributed by atoms with van der Waals surface area (Å²) in [5, 5.41) is 8.98. The minimum atomic E-state index is -0.256. The smallest absolute Gasteiger partial charge is 0.146 e. The summed E-state index contributed by atoms with van der Waals surface area (Å²) in [6.45, 7) is 4.49. The van der Waals surface area contributed by atoms with Gasteiger partial charge < -0.3 is 14.9 Å². The summed E-state index contributed by atoms with van der Waals surface area (Å²) in [5.41, 5.74) is 1.23. The van der Waals surface area contributed by atoms with Crippen LogP contribution in [0.4, 0.5) is 10.1 Å². The fourth-order valence-corrected chi connectivity index (χ4v) is 1.85. The molecular formula is C14H23FN2O. The summed E-state index contributed by atoms with van der Waals surface area (Å²) < 4.78 is 14.0. The van der Waals surface area contributed by atoms with E-state index in [1.807, 2.05) is 14.1 Å². The van der Waals surface area contributed by atoms with Crippen molar-refractivity contribution < 1.29 is 9.50 Å². The van der Waals surface area contributed by atoms with Crippen LogP contribution >= 0.6 is 0 Å². The molecule has 1 aromatic rings. The van der Waals surface area contributed by atoms with Crippen molar-refractivity contribution in [3.63, 3.8) is 0 Å². The van der Waals surface area contributed by atoms with Gasteiger partial charge in [-0.05, 0) is 38.2 Å². The standard InChI is InChI=1S/C14H23FN2O/c1-4-7-17(9-8-16(2)3)14-6-5-12(11-18)10-13(14)15/h5-6,10,18H,4,7-9,11H2,1-3H3. The van der Waals surface area contributed by atoms with Gasteiger partial charge in [0, 0.05) is 19.6 Å². The molecule has 0 bridgehead atoms. The van der Waals surface area contributed by atoms with Crippen LogP contribution in [0.3, 0.4) is 0 Å². The lowest BCUT2D eigenvalue weighted by Crippen LogP contribution is -2.32. The fraction of sp³-hybridized carbons (Fsp3) is 0.571. The molecule has 0 atom stereocenters. The Bertz CT molecular complexity index is 369. The third-order valence-corrected chi connectivity index (χ3v) is 2.85. The van der Waals surface area contributed by atoms with Crippen molar-refractivity contribution >= 4 is 5.69 Å². The maximum absolute atomic E-state index is 14.0. The SMILES string of the molecule is CCCN(CCN(C)C)c1ccc(CO)cc1F. The average Bonchev–Trinajstić information content (AvgIpc) is 2.34. The largest absolute Gasteiger partial charge is 0.392 e. The highest BCUT2D eigenvalue weighted by Gasteiger charge is 2.11. The number of aliphatic hydroxyl groups excluding tert-OH is 1. The number of rotatable bonds is 7. The second-order valence-electron chi connectivity index (χ2n) is 4.73. The van der Waals surface area contributed by atoms with E-state index in [1.54, 1.807) is 12.1 Å². The third-order valence-electron chi connectivity index (χ3n) is 2.85. The number of benzene rings is 1. The van der Waals surface area contributed by atoms with E-state index in [1.165, 1.54) is 6.07 Å². The molecule has 0 heterocycles. The van der Waals surface area contributed by atoms with Crippen LogP contribution < -0.4 is 4.90 Å². The monoisotopic (exact) mass is 254 g/mol. The molecule has 0 aromatic heterocycles. The summed E-state index contributed by atoms with van der Waals surface area (Å²) >= 11 is 0. The van der Waals surface area contributed by atoms with Gasteiger partial charge >= 0.3 is 0 Å². The molecule has 0 unspecified atom stereocenters. The number of hydrogen-bond acceptors (Lipinski definition) is 3. The van der Waals surface area contributed by atoms with E-state index >= 15 is 0 Å². The molecule has 1 N–H and O–H groups in total. The molecule has 0 aliphatic carbocycles. The van der Waals surface area contributed by atoms with Gasteiger partial charge in [-0.15, -0.1) is 0 Å². The van der Waals surface area contributed by atoms with E-state index in [-0.39, 0.29) is 12.4 Å². The molecule has 0 spiro atoms. The molecular weight excluding hydrogens is 231 g/mol. The van der Waals surface area contributed by atoms with Crippen LogP contribution in [0, 0.1) is 5.82 Å². The summed E-state index contributed by atoms with van der Waals surface area (Å²) in [6.07, 6.45) is 0.981. The third kappa shape index (κ3) is 4.27. The molecule has 18 heavy (non-hydrogen) atoms. The first-order chi connectivity index (χ1) is 8.58. The van der Waals surface area contributed by atoms with Crippen LogP contribution in [0.5, 0.6) is 0 Å². The number of hydrogen-bond donors (Lipinski definition) is 1. The van der Waals surface area contributed by atoms with Crippen molar-refractivity contribution in [2.75, 3.05) is 38.6 Å². The molecule has 0 fully saturated rings. The van der Waals surface area contributed by atoms with Gasteiger partial charge in [0.15, 0.2) is 0 Å². The lowest BCUT2D eigenvalue weighted by atomic mass is 10.2. The zero-order valence-electron chi connectivity index (χ0n) is 11.5. The van der Waals surface area contributed by atoms with Crippen molar-refractivity contribution in [2.24, 2.45) is 0 Å². The zero-order chi connectivity index (χ0) is 13.5. The van der Waals surface area contributed by atoms with Gasteiger partial charge in [0.1, 0.15) is 5.82 Å². The Hall–Kier alpha value is -1.13. The highest BCUT2D eigenvalue weighted by atomic mass is 19.1. The molecule has 0 saturated carbocycles. The first-order valence-electron chi connectivity index (χ1n) is 6.37. The molecule has 102 valence electrons. The number of halogens is 1. The Kier molecular flexibility index (Phi) is 6.09. The van der Waals surface area contributed by atoms with E-state index in [0.717, 1.165) is 26.1 Å². The Balaban J connectivity index is 2.84. The second-order valence-corrected chi connectivity index (χ2v) is 4.73. The lowest BCUT2D eigenvalue weighted by molar-refractivity contribution is 0.281. The van der Waals surface area contributed by atoms with Crippen LogP contribution in [-0.4, -0.2) is 43.7 Å². The van der Waals surface area contributed by atoms with Crippen LogP contribution in [0.15, 0.2) is 18.2 Å². The van der Waals surface area contributed by atoms with Gasteiger partial charge in [-0.25, -0.2) is 4.39 Å². The van der Waals surface area contributed by atoms with Gasteiger partial charge in [-0.2, -0.15) is 0 Å². The zero-order valence-corrected chi connectivity index (χ0v) is 11.5. The molecule has 3 nitrogen and oxygen atoms in total.